The first-order valence-electron chi connectivity index (χ1n) is 8.42. The molecule has 0 fully saturated rings. The van der Waals surface area contributed by atoms with Crippen LogP contribution < -0.4 is 11.5 Å². The zero-order valence-corrected chi connectivity index (χ0v) is 16.1. The summed E-state index contributed by atoms with van der Waals surface area (Å²) < 4.78 is 4.81. The van der Waals surface area contributed by atoms with Gasteiger partial charge < -0.3 is 21.3 Å². The molecule has 0 heterocycles. The van der Waals surface area contributed by atoms with Gasteiger partial charge in [-0.25, -0.2) is 0 Å². The lowest BCUT2D eigenvalue weighted by Gasteiger charge is -2.09. The quantitative estimate of drug-likeness (QED) is 0.620. The van der Waals surface area contributed by atoms with Crippen molar-refractivity contribution in [1.29, 1.82) is 0 Å². The first-order valence-corrected chi connectivity index (χ1v) is 8.42. The van der Waals surface area contributed by atoms with Crippen LogP contribution in [-0.2, 0) is 27.2 Å². The van der Waals surface area contributed by atoms with E-state index >= 15 is 0 Å². The first-order chi connectivity index (χ1) is 12.4. The molecule has 27 heavy (non-hydrogen) atoms. The van der Waals surface area contributed by atoms with Crippen LogP contribution in [0, 0.1) is 0 Å². The lowest BCUT2D eigenvalue weighted by molar-refractivity contribution is -0.144. The zero-order valence-electron chi connectivity index (χ0n) is 15.3. The maximum absolute atomic E-state index is 11.2. The minimum Gasteiger partial charge on any atom is -0.480 e. The van der Waals surface area contributed by atoms with E-state index in [1.54, 1.807) is 6.92 Å². The fraction of sp³-hybridized carbons (Fsp3) is 0.300. The zero-order chi connectivity index (χ0) is 19.4. The Morgan fingerprint density at radius 3 is 1.67 bits per heavy atom. The normalized spacial score (nSPS) is 11.8. The minimum absolute atomic E-state index is 0. The Kier molecular flexibility index (Phi) is 12.5. The van der Waals surface area contributed by atoms with Crippen LogP contribution in [0.2, 0.25) is 0 Å². The number of esters is 1. The summed E-state index contributed by atoms with van der Waals surface area (Å²) >= 11 is 0. The number of ether oxygens (including phenoxy) is 1. The summed E-state index contributed by atoms with van der Waals surface area (Å²) in [6.45, 7) is 2.15. The van der Waals surface area contributed by atoms with Crippen LogP contribution >= 0.6 is 12.4 Å². The molecule has 0 bridgehead atoms. The second kappa shape index (κ2) is 13.7. The van der Waals surface area contributed by atoms with E-state index in [4.69, 9.17) is 21.3 Å². The van der Waals surface area contributed by atoms with E-state index in [2.05, 4.69) is 0 Å². The Bertz CT molecular complexity index is 668. The van der Waals surface area contributed by atoms with Gasteiger partial charge in [-0.1, -0.05) is 60.7 Å². The van der Waals surface area contributed by atoms with Crippen LogP contribution in [-0.4, -0.2) is 35.7 Å². The molecule has 148 valence electrons. The molecule has 0 aliphatic heterocycles. The highest BCUT2D eigenvalue weighted by Crippen LogP contribution is 2.03. The Hall–Kier alpha value is -2.41. The SMILES string of the molecule is CCOC(=O)[C@@H](N)Cc1ccccc1.Cl.N[C@@H](Cc1ccccc1)C(=O)O. The van der Waals surface area contributed by atoms with E-state index in [-0.39, 0.29) is 18.4 Å². The molecule has 5 N–H and O–H groups in total. The van der Waals surface area contributed by atoms with E-state index in [1.807, 2.05) is 60.7 Å². The molecule has 2 atom stereocenters. The summed E-state index contributed by atoms with van der Waals surface area (Å²) in [4.78, 5) is 21.6. The Morgan fingerprint density at radius 2 is 1.30 bits per heavy atom. The fourth-order valence-corrected chi connectivity index (χ4v) is 2.16. The van der Waals surface area contributed by atoms with Gasteiger partial charge in [0.15, 0.2) is 0 Å². The number of hydrogen-bond donors (Lipinski definition) is 3. The van der Waals surface area contributed by atoms with Gasteiger partial charge in [-0.3, -0.25) is 9.59 Å². The molecule has 2 aromatic carbocycles. The monoisotopic (exact) mass is 394 g/mol. The fourth-order valence-electron chi connectivity index (χ4n) is 2.16. The summed E-state index contributed by atoms with van der Waals surface area (Å²) in [5, 5.41) is 8.52. The number of carboxylic acids is 1. The van der Waals surface area contributed by atoms with Crippen molar-refractivity contribution < 1.29 is 19.4 Å². The Morgan fingerprint density at radius 1 is 0.889 bits per heavy atom. The smallest absolute Gasteiger partial charge is 0.323 e. The van der Waals surface area contributed by atoms with E-state index in [0.29, 0.717) is 19.4 Å². The highest BCUT2D eigenvalue weighted by molar-refractivity contribution is 5.85. The Balaban J connectivity index is 0.000000488. The number of carbonyl (C=O) groups excluding carboxylic acids is 1. The predicted octanol–water partition coefficient (Wildman–Crippen LogP) is 2.18. The van der Waals surface area contributed by atoms with Crippen molar-refractivity contribution in [2.45, 2.75) is 31.8 Å². The maximum Gasteiger partial charge on any atom is 0.323 e. The first kappa shape index (κ1) is 24.6. The highest BCUT2D eigenvalue weighted by Gasteiger charge is 2.14. The number of rotatable bonds is 7. The second-order valence-electron chi connectivity index (χ2n) is 5.68. The van der Waals surface area contributed by atoms with Gasteiger partial charge in [-0.15, -0.1) is 12.4 Å². The van der Waals surface area contributed by atoms with E-state index in [0.717, 1.165) is 11.1 Å². The number of aliphatic carboxylic acids is 1. The number of nitrogens with two attached hydrogens (primary N) is 2. The summed E-state index contributed by atoms with van der Waals surface area (Å²) in [7, 11) is 0. The van der Waals surface area contributed by atoms with Crippen LogP contribution in [0.25, 0.3) is 0 Å². The van der Waals surface area contributed by atoms with Gasteiger partial charge >= 0.3 is 11.9 Å². The molecule has 0 saturated carbocycles. The van der Waals surface area contributed by atoms with Crippen LogP contribution in [0.1, 0.15) is 18.1 Å². The summed E-state index contributed by atoms with van der Waals surface area (Å²) in [6.07, 6.45) is 0.913. The average molecular weight is 395 g/mol. The molecule has 0 unspecified atom stereocenters. The standard InChI is InChI=1S/C11H15NO2.C9H11NO2.ClH/c1-2-14-11(13)10(12)8-9-6-4-3-5-7-9;10-8(9(11)12)6-7-4-2-1-3-5-7;/h3-7,10H,2,8,12H2,1H3;1-5,8H,6,10H2,(H,11,12);1H/t10-;8-;/m00./s1. The average Bonchev–Trinajstić information content (AvgIpc) is 2.64. The lowest BCUT2D eigenvalue weighted by Crippen LogP contribution is -2.34. The third-order valence-corrected chi connectivity index (χ3v) is 3.50. The molecule has 7 heteroatoms. The van der Waals surface area contributed by atoms with Crippen molar-refractivity contribution in [2.75, 3.05) is 6.61 Å². The van der Waals surface area contributed by atoms with Crippen LogP contribution in [0.4, 0.5) is 0 Å². The van der Waals surface area contributed by atoms with Crippen LogP contribution in [0.5, 0.6) is 0 Å². The molecule has 0 aliphatic carbocycles. The van der Waals surface area contributed by atoms with Crippen molar-refractivity contribution in [3.8, 4) is 0 Å². The summed E-state index contributed by atoms with van der Waals surface area (Å²) in [5.41, 5.74) is 13.0. The number of halogens is 1. The molecular weight excluding hydrogens is 368 g/mol. The van der Waals surface area contributed by atoms with Crippen molar-refractivity contribution in [3.05, 3.63) is 71.8 Å². The third-order valence-electron chi connectivity index (χ3n) is 3.50. The van der Waals surface area contributed by atoms with Crippen molar-refractivity contribution in [3.63, 3.8) is 0 Å². The number of carboxylic acid groups (broad SMARTS) is 1. The molecule has 0 amide bonds. The maximum atomic E-state index is 11.2. The highest BCUT2D eigenvalue weighted by atomic mass is 35.5. The molecule has 0 radical (unpaired) electrons. The van der Waals surface area contributed by atoms with E-state index in [9.17, 15) is 9.59 Å². The van der Waals surface area contributed by atoms with E-state index < -0.39 is 18.1 Å². The topological polar surface area (TPSA) is 116 Å². The molecule has 0 aromatic heterocycles. The van der Waals surface area contributed by atoms with Gasteiger partial charge in [-0.05, 0) is 30.9 Å². The van der Waals surface area contributed by atoms with Crippen LogP contribution in [0.3, 0.4) is 0 Å². The minimum atomic E-state index is -0.959. The van der Waals surface area contributed by atoms with Gasteiger partial charge in [0.1, 0.15) is 12.1 Å². The van der Waals surface area contributed by atoms with Gasteiger partial charge in [0, 0.05) is 0 Å². The molecule has 2 aromatic rings. The summed E-state index contributed by atoms with van der Waals surface area (Å²) in [6, 6.07) is 17.7. The van der Waals surface area contributed by atoms with Crippen molar-refractivity contribution >= 4 is 24.3 Å². The summed E-state index contributed by atoms with van der Waals surface area (Å²) in [5.74, 6) is -1.30. The molecule has 0 saturated heterocycles. The van der Waals surface area contributed by atoms with Crippen molar-refractivity contribution in [1.82, 2.24) is 0 Å². The molecule has 0 spiro atoms. The number of hydrogen-bond acceptors (Lipinski definition) is 5. The van der Waals surface area contributed by atoms with Gasteiger partial charge in [0.05, 0.1) is 6.61 Å². The predicted molar refractivity (Wildman–Crippen MR) is 108 cm³/mol. The third kappa shape index (κ3) is 10.4. The van der Waals surface area contributed by atoms with Gasteiger partial charge in [0.25, 0.3) is 0 Å². The van der Waals surface area contributed by atoms with Gasteiger partial charge in [-0.2, -0.15) is 0 Å². The van der Waals surface area contributed by atoms with Gasteiger partial charge in [0.2, 0.25) is 0 Å². The number of benzene rings is 2. The molecule has 2 rings (SSSR count). The second-order valence-corrected chi connectivity index (χ2v) is 5.68. The van der Waals surface area contributed by atoms with E-state index in [1.165, 1.54) is 0 Å². The molecular formula is C20H27ClN2O4. The van der Waals surface area contributed by atoms with Crippen molar-refractivity contribution in [2.24, 2.45) is 11.5 Å². The molecule has 0 aliphatic rings. The Labute approximate surface area is 165 Å². The largest absolute Gasteiger partial charge is 0.480 e. The lowest BCUT2D eigenvalue weighted by atomic mass is 10.1. The molecule has 6 nitrogen and oxygen atoms in total. The number of carbonyl (C=O) groups is 2. The van der Waals surface area contributed by atoms with Crippen LogP contribution in [0.15, 0.2) is 60.7 Å².